The minimum atomic E-state index is -0.226. The maximum Gasteiger partial charge on any atom is 0.309 e. The third-order valence-electron chi connectivity index (χ3n) is 2.93. The molecule has 0 N–H and O–H groups in total. The minimum absolute atomic E-state index is 0.226. The van der Waals surface area contributed by atoms with Crippen molar-refractivity contribution < 1.29 is 9.53 Å². The van der Waals surface area contributed by atoms with Crippen molar-refractivity contribution in [2.45, 2.75) is 19.8 Å². The van der Waals surface area contributed by atoms with Gasteiger partial charge < -0.3 is 9.30 Å². The van der Waals surface area contributed by atoms with E-state index in [1.54, 1.807) is 0 Å². The van der Waals surface area contributed by atoms with Gasteiger partial charge in [-0.05, 0) is 17.7 Å². The predicted octanol–water partition coefficient (Wildman–Crippen LogP) is 1.85. The standard InChI is InChI=1S/C13H16N2O2/c1-4-12-14-10-7-9(8-13(16)17-3)5-6-11(10)15(12)2/h5-7H,4,8H2,1-3H3. The normalized spacial score (nSPS) is 10.8. The molecule has 0 aliphatic heterocycles. The highest BCUT2D eigenvalue weighted by molar-refractivity contribution is 5.79. The highest BCUT2D eigenvalue weighted by Gasteiger charge is 2.08. The highest BCUT2D eigenvalue weighted by atomic mass is 16.5. The number of methoxy groups -OCH3 is 1. The topological polar surface area (TPSA) is 44.1 Å². The largest absolute Gasteiger partial charge is 0.469 e. The number of aryl methyl sites for hydroxylation is 2. The number of carbonyl (C=O) groups is 1. The van der Waals surface area contributed by atoms with Crippen LogP contribution in [0.4, 0.5) is 0 Å². The van der Waals surface area contributed by atoms with Crippen LogP contribution in [0.3, 0.4) is 0 Å². The molecule has 0 saturated heterocycles. The summed E-state index contributed by atoms with van der Waals surface area (Å²) >= 11 is 0. The first kappa shape index (κ1) is 11.6. The lowest BCUT2D eigenvalue weighted by atomic mass is 10.1. The highest BCUT2D eigenvalue weighted by Crippen LogP contribution is 2.17. The molecule has 0 bridgehead atoms. The van der Waals surface area contributed by atoms with Crippen molar-refractivity contribution in [2.75, 3.05) is 7.11 Å². The summed E-state index contributed by atoms with van der Waals surface area (Å²) < 4.78 is 6.73. The zero-order chi connectivity index (χ0) is 12.4. The fraction of sp³-hybridized carbons (Fsp3) is 0.385. The van der Waals surface area contributed by atoms with E-state index in [1.807, 2.05) is 25.2 Å². The number of nitrogens with zero attached hydrogens (tertiary/aromatic N) is 2. The average molecular weight is 232 g/mol. The summed E-state index contributed by atoms with van der Waals surface area (Å²) in [6.07, 6.45) is 1.20. The summed E-state index contributed by atoms with van der Waals surface area (Å²) in [5.74, 6) is 0.825. The molecule has 1 heterocycles. The van der Waals surface area contributed by atoms with Crippen molar-refractivity contribution in [2.24, 2.45) is 7.05 Å². The molecule has 4 nitrogen and oxygen atoms in total. The van der Waals surface area contributed by atoms with Crippen LogP contribution in [0.5, 0.6) is 0 Å². The van der Waals surface area contributed by atoms with Crippen molar-refractivity contribution in [3.05, 3.63) is 29.6 Å². The van der Waals surface area contributed by atoms with Crippen molar-refractivity contribution in [1.82, 2.24) is 9.55 Å². The molecule has 0 aliphatic rings. The van der Waals surface area contributed by atoms with E-state index in [0.29, 0.717) is 6.42 Å². The van der Waals surface area contributed by atoms with E-state index in [4.69, 9.17) is 0 Å². The molecule has 2 aromatic rings. The fourth-order valence-corrected chi connectivity index (χ4v) is 1.96. The molecule has 2 rings (SSSR count). The molecule has 0 unspecified atom stereocenters. The summed E-state index contributed by atoms with van der Waals surface area (Å²) in [6.45, 7) is 2.08. The van der Waals surface area contributed by atoms with E-state index in [0.717, 1.165) is 28.8 Å². The monoisotopic (exact) mass is 232 g/mol. The van der Waals surface area contributed by atoms with Gasteiger partial charge in [0.05, 0.1) is 24.6 Å². The van der Waals surface area contributed by atoms with Gasteiger partial charge in [0.15, 0.2) is 0 Å². The zero-order valence-corrected chi connectivity index (χ0v) is 10.4. The number of esters is 1. The van der Waals surface area contributed by atoms with Crippen LogP contribution in [0.1, 0.15) is 18.3 Å². The number of benzene rings is 1. The van der Waals surface area contributed by atoms with Gasteiger partial charge in [-0.1, -0.05) is 13.0 Å². The summed E-state index contributed by atoms with van der Waals surface area (Å²) in [5, 5.41) is 0. The Bertz CT molecular complexity index is 558. The zero-order valence-electron chi connectivity index (χ0n) is 10.4. The summed E-state index contributed by atoms with van der Waals surface area (Å²) in [4.78, 5) is 15.7. The van der Waals surface area contributed by atoms with Crippen LogP contribution < -0.4 is 0 Å². The third-order valence-corrected chi connectivity index (χ3v) is 2.93. The Balaban J connectivity index is 2.40. The molecule has 0 radical (unpaired) electrons. The fourth-order valence-electron chi connectivity index (χ4n) is 1.96. The predicted molar refractivity (Wildman–Crippen MR) is 65.8 cm³/mol. The van der Waals surface area contributed by atoms with E-state index >= 15 is 0 Å². The molecule has 17 heavy (non-hydrogen) atoms. The van der Waals surface area contributed by atoms with Crippen LogP contribution in [0.15, 0.2) is 18.2 Å². The number of aromatic nitrogens is 2. The average Bonchev–Trinajstić information content (AvgIpc) is 2.65. The van der Waals surface area contributed by atoms with Crippen LogP contribution >= 0.6 is 0 Å². The van der Waals surface area contributed by atoms with E-state index in [9.17, 15) is 4.79 Å². The second kappa shape index (κ2) is 4.57. The molecule has 0 amide bonds. The Kier molecular flexibility index (Phi) is 3.13. The van der Waals surface area contributed by atoms with E-state index in [1.165, 1.54) is 7.11 Å². The number of ether oxygens (including phenoxy) is 1. The maximum absolute atomic E-state index is 11.2. The minimum Gasteiger partial charge on any atom is -0.469 e. The smallest absolute Gasteiger partial charge is 0.309 e. The lowest BCUT2D eigenvalue weighted by Crippen LogP contribution is -2.04. The second-order valence-electron chi connectivity index (χ2n) is 4.02. The van der Waals surface area contributed by atoms with Gasteiger partial charge in [-0.25, -0.2) is 4.98 Å². The third kappa shape index (κ3) is 2.16. The van der Waals surface area contributed by atoms with Crippen molar-refractivity contribution in [1.29, 1.82) is 0 Å². The molecule has 0 saturated carbocycles. The molecule has 0 fully saturated rings. The van der Waals surface area contributed by atoms with Gasteiger partial charge in [-0.15, -0.1) is 0 Å². The Morgan fingerprint density at radius 1 is 1.47 bits per heavy atom. The number of imidazole rings is 1. The lowest BCUT2D eigenvalue weighted by molar-refractivity contribution is -0.139. The van der Waals surface area contributed by atoms with Crippen LogP contribution in [-0.2, 0) is 29.4 Å². The first-order valence-electron chi connectivity index (χ1n) is 5.66. The number of hydrogen-bond donors (Lipinski definition) is 0. The van der Waals surface area contributed by atoms with Gasteiger partial charge in [0.2, 0.25) is 0 Å². The molecule has 0 aliphatic carbocycles. The van der Waals surface area contributed by atoms with Crippen molar-refractivity contribution in [3.63, 3.8) is 0 Å². The molecule has 1 aromatic heterocycles. The van der Waals surface area contributed by atoms with Crippen molar-refractivity contribution >= 4 is 17.0 Å². The van der Waals surface area contributed by atoms with Crippen LogP contribution in [-0.4, -0.2) is 22.6 Å². The number of hydrogen-bond acceptors (Lipinski definition) is 3. The number of carbonyl (C=O) groups excluding carboxylic acids is 1. The molecule has 0 spiro atoms. The number of rotatable bonds is 3. The summed E-state index contributed by atoms with van der Waals surface area (Å²) in [6, 6.07) is 5.89. The van der Waals surface area contributed by atoms with E-state index < -0.39 is 0 Å². The first-order chi connectivity index (χ1) is 8.15. The molecule has 0 atom stereocenters. The quantitative estimate of drug-likeness (QED) is 0.759. The van der Waals surface area contributed by atoms with Crippen LogP contribution in [0.25, 0.3) is 11.0 Å². The molecular weight excluding hydrogens is 216 g/mol. The summed E-state index contributed by atoms with van der Waals surface area (Å²) in [5.41, 5.74) is 2.96. The Labute approximate surface area is 100 Å². The van der Waals surface area contributed by atoms with E-state index in [-0.39, 0.29) is 5.97 Å². The number of fused-ring (bicyclic) bond motifs is 1. The van der Waals surface area contributed by atoms with Crippen molar-refractivity contribution in [3.8, 4) is 0 Å². The summed E-state index contributed by atoms with van der Waals surface area (Å²) in [7, 11) is 3.41. The molecule has 90 valence electrons. The van der Waals surface area contributed by atoms with Gasteiger partial charge >= 0.3 is 5.97 Å². The molecule has 1 aromatic carbocycles. The van der Waals surface area contributed by atoms with Gasteiger partial charge in [0.25, 0.3) is 0 Å². The molecular formula is C13H16N2O2. The van der Waals surface area contributed by atoms with Crippen LogP contribution in [0.2, 0.25) is 0 Å². The van der Waals surface area contributed by atoms with Gasteiger partial charge in [-0.2, -0.15) is 0 Å². The molecule has 4 heteroatoms. The Hall–Kier alpha value is -1.84. The lowest BCUT2D eigenvalue weighted by Gasteiger charge is -2.01. The Morgan fingerprint density at radius 3 is 2.88 bits per heavy atom. The van der Waals surface area contributed by atoms with E-state index in [2.05, 4.69) is 21.2 Å². The van der Waals surface area contributed by atoms with Gasteiger partial charge in [0, 0.05) is 13.5 Å². The second-order valence-corrected chi connectivity index (χ2v) is 4.02. The maximum atomic E-state index is 11.2. The van der Waals surface area contributed by atoms with Crippen LogP contribution in [0, 0.1) is 0 Å². The SMILES string of the molecule is CCc1nc2cc(CC(=O)OC)ccc2n1C. The van der Waals surface area contributed by atoms with Gasteiger partial charge in [-0.3, -0.25) is 4.79 Å². The first-order valence-corrected chi connectivity index (χ1v) is 5.66. The Morgan fingerprint density at radius 2 is 2.24 bits per heavy atom. The van der Waals surface area contributed by atoms with Gasteiger partial charge in [0.1, 0.15) is 5.82 Å².